The van der Waals surface area contributed by atoms with Crippen LogP contribution < -0.4 is 9.62 Å². The van der Waals surface area contributed by atoms with Gasteiger partial charge in [-0.2, -0.15) is 0 Å². The van der Waals surface area contributed by atoms with E-state index >= 15 is 0 Å². The van der Waals surface area contributed by atoms with Gasteiger partial charge in [-0.1, -0.05) is 86.0 Å². The van der Waals surface area contributed by atoms with E-state index in [1.165, 1.54) is 71.6 Å². The zero-order valence-corrected chi connectivity index (χ0v) is 27.1. The van der Waals surface area contributed by atoms with Crippen LogP contribution in [0.15, 0.2) is 114 Å². The van der Waals surface area contributed by atoms with E-state index in [-0.39, 0.29) is 41.2 Å². The third-order valence-corrected chi connectivity index (χ3v) is 10.2. The molecule has 0 spiro atoms. The van der Waals surface area contributed by atoms with Crippen molar-refractivity contribution in [2.24, 2.45) is 0 Å². The van der Waals surface area contributed by atoms with Crippen LogP contribution in [0.3, 0.4) is 0 Å². The Kier molecular flexibility index (Phi) is 11.2. The number of halogens is 1. The first-order valence-electron chi connectivity index (χ1n) is 15.8. The first kappa shape index (κ1) is 34.2. The van der Waals surface area contributed by atoms with Crippen molar-refractivity contribution in [2.45, 2.75) is 62.0 Å². The van der Waals surface area contributed by atoms with E-state index in [0.717, 1.165) is 48.0 Å². The van der Waals surface area contributed by atoms with Crippen LogP contribution in [0.4, 0.5) is 15.8 Å². The van der Waals surface area contributed by atoms with Gasteiger partial charge in [0.2, 0.25) is 11.8 Å². The van der Waals surface area contributed by atoms with Crippen molar-refractivity contribution in [2.75, 3.05) is 10.8 Å². The molecule has 0 radical (unpaired) electrons. The molecule has 4 aromatic rings. The largest absolute Gasteiger partial charge is 0.352 e. The SMILES string of the molecule is O=C(NC1CCCCC1)C(Cc1ccccc1)N(Cc1ccc(F)cc1)C(=O)CN(c1cccc([N+](=O)[O-])c1)S(=O)(=O)c1ccccc1. The molecule has 1 unspecified atom stereocenters. The molecule has 0 saturated heterocycles. The Morgan fingerprint density at radius 2 is 1.50 bits per heavy atom. The number of nitrogens with one attached hydrogen (secondary N) is 1. The molecule has 0 aromatic heterocycles. The predicted octanol–water partition coefficient (Wildman–Crippen LogP) is 6.02. The van der Waals surface area contributed by atoms with Gasteiger partial charge < -0.3 is 10.2 Å². The number of carbonyl (C=O) groups is 2. The molecular weight excluding hydrogens is 635 g/mol. The monoisotopic (exact) mass is 672 g/mol. The van der Waals surface area contributed by atoms with E-state index < -0.39 is 39.3 Å². The highest BCUT2D eigenvalue weighted by molar-refractivity contribution is 7.92. The number of sulfonamides is 1. The number of nitrogens with zero attached hydrogens (tertiary/aromatic N) is 3. The Morgan fingerprint density at radius 1 is 0.854 bits per heavy atom. The number of hydrogen-bond acceptors (Lipinski definition) is 6. The fourth-order valence-electron chi connectivity index (χ4n) is 5.89. The minimum absolute atomic E-state index is 0.0629. The van der Waals surface area contributed by atoms with Gasteiger partial charge in [0.1, 0.15) is 18.4 Å². The smallest absolute Gasteiger partial charge is 0.271 e. The number of nitro groups is 1. The highest BCUT2D eigenvalue weighted by Gasteiger charge is 2.35. The number of non-ortho nitro benzene ring substituents is 1. The first-order chi connectivity index (χ1) is 23.1. The molecule has 48 heavy (non-hydrogen) atoms. The van der Waals surface area contributed by atoms with E-state index in [1.807, 2.05) is 30.3 Å². The summed E-state index contributed by atoms with van der Waals surface area (Å²) in [5.41, 5.74) is 0.867. The van der Waals surface area contributed by atoms with E-state index in [9.17, 15) is 32.5 Å². The Bertz CT molecular complexity index is 1820. The maximum absolute atomic E-state index is 14.6. The highest BCUT2D eigenvalue weighted by atomic mass is 32.2. The molecule has 1 fully saturated rings. The molecule has 1 aliphatic rings. The van der Waals surface area contributed by atoms with Gasteiger partial charge in [-0.25, -0.2) is 12.8 Å². The van der Waals surface area contributed by atoms with Crippen molar-refractivity contribution in [3.63, 3.8) is 0 Å². The highest BCUT2D eigenvalue weighted by Crippen LogP contribution is 2.28. The van der Waals surface area contributed by atoms with Gasteiger partial charge >= 0.3 is 0 Å². The average molecular weight is 673 g/mol. The third kappa shape index (κ3) is 8.62. The summed E-state index contributed by atoms with van der Waals surface area (Å²) in [6.45, 7) is -0.884. The predicted molar refractivity (Wildman–Crippen MR) is 180 cm³/mol. The summed E-state index contributed by atoms with van der Waals surface area (Å²) >= 11 is 0. The van der Waals surface area contributed by atoms with Crippen molar-refractivity contribution in [3.8, 4) is 0 Å². The van der Waals surface area contributed by atoms with Gasteiger partial charge in [-0.3, -0.25) is 24.0 Å². The normalized spacial score (nSPS) is 14.1. The van der Waals surface area contributed by atoms with Crippen molar-refractivity contribution in [3.05, 3.63) is 136 Å². The van der Waals surface area contributed by atoms with Gasteiger partial charge in [0.15, 0.2) is 0 Å². The zero-order chi connectivity index (χ0) is 34.1. The molecule has 1 saturated carbocycles. The average Bonchev–Trinajstić information content (AvgIpc) is 3.10. The van der Waals surface area contributed by atoms with Gasteiger partial charge in [-0.05, 0) is 54.3 Å². The minimum Gasteiger partial charge on any atom is -0.352 e. The molecule has 10 nitrogen and oxygen atoms in total. The second kappa shape index (κ2) is 15.7. The third-order valence-electron chi connectivity index (χ3n) is 8.43. The Labute approximate surface area is 279 Å². The quantitative estimate of drug-likeness (QED) is 0.137. The maximum atomic E-state index is 14.6. The molecule has 2 amide bonds. The second-order valence-electron chi connectivity index (χ2n) is 11.8. The number of nitro benzene ring substituents is 1. The van der Waals surface area contributed by atoms with Crippen molar-refractivity contribution in [1.82, 2.24) is 10.2 Å². The van der Waals surface area contributed by atoms with Crippen LogP contribution in [-0.2, 0) is 32.6 Å². The van der Waals surface area contributed by atoms with Crippen LogP contribution in [0.2, 0.25) is 0 Å². The fourth-order valence-corrected chi connectivity index (χ4v) is 7.32. The number of amides is 2. The van der Waals surface area contributed by atoms with Crippen molar-refractivity contribution >= 4 is 33.2 Å². The van der Waals surface area contributed by atoms with Crippen LogP contribution in [-0.4, -0.2) is 48.7 Å². The number of carbonyl (C=O) groups excluding carboxylic acids is 2. The number of anilines is 1. The maximum Gasteiger partial charge on any atom is 0.271 e. The lowest BCUT2D eigenvalue weighted by molar-refractivity contribution is -0.384. The summed E-state index contributed by atoms with van der Waals surface area (Å²) < 4.78 is 42.9. The zero-order valence-electron chi connectivity index (χ0n) is 26.3. The first-order valence-corrected chi connectivity index (χ1v) is 17.3. The topological polar surface area (TPSA) is 130 Å². The van der Waals surface area contributed by atoms with E-state index in [4.69, 9.17) is 0 Å². The van der Waals surface area contributed by atoms with E-state index in [1.54, 1.807) is 6.07 Å². The van der Waals surface area contributed by atoms with Crippen LogP contribution in [0.5, 0.6) is 0 Å². The molecule has 1 atom stereocenters. The Morgan fingerprint density at radius 3 is 2.15 bits per heavy atom. The summed E-state index contributed by atoms with van der Waals surface area (Å²) in [6, 6.07) is 26.1. The summed E-state index contributed by atoms with van der Waals surface area (Å²) in [4.78, 5) is 40.9. The van der Waals surface area contributed by atoms with Crippen LogP contribution in [0.25, 0.3) is 0 Å². The van der Waals surface area contributed by atoms with Crippen LogP contribution >= 0.6 is 0 Å². The molecule has 1 aliphatic carbocycles. The molecule has 5 rings (SSSR count). The summed E-state index contributed by atoms with van der Waals surface area (Å²) in [7, 11) is -4.42. The Balaban J connectivity index is 1.57. The van der Waals surface area contributed by atoms with Crippen molar-refractivity contribution < 1.29 is 27.3 Å². The lowest BCUT2D eigenvalue weighted by Gasteiger charge is -2.35. The van der Waals surface area contributed by atoms with Crippen molar-refractivity contribution in [1.29, 1.82) is 0 Å². The van der Waals surface area contributed by atoms with Crippen LogP contribution in [0, 0.1) is 15.9 Å². The minimum atomic E-state index is -4.42. The standard InChI is InChI=1S/C36H37FN4O6S/c37-29-21-19-28(20-22-29)25-39(34(23-27-11-4-1-5-12-27)36(43)38-30-13-6-2-7-14-30)35(42)26-40(31-15-10-16-32(24-31)41(44)45)48(46,47)33-17-8-3-9-18-33/h1,3-5,8-12,15-22,24,30,34H,2,6-7,13-14,23,25-26H2,(H,38,43). The number of hydrogen-bond donors (Lipinski definition) is 1. The summed E-state index contributed by atoms with van der Waals surface area (Å²) in [5, 5.41) is 14.8. The number of benzene rings is 4. The molecule has 0 aliphatic heterocycles. The fraction of sp³-hybridized carbons (Fsp3) is 0.278. The molecule has 250 valence electrons. The molecular formula is C36H37FN4O6S. The molecule has 12 heteroatoms. The van der Waals surface area contributed by atoms with Gasteiger partial charge in [0.25, 0.3) is 15.7 Å². The molecule has 1 N–H and O–H groups in total. The van der Waals surface area contributed by atoms with E-state index in [2.05, 4.69) is 5.32 Å². The molecule has 4 aromatic carbocycles. The molecule has 0 bridgehead atoms. The Hall–Kier alpha value is -5.10. The van der Waals surface area contributed by atoms with Gasteiger partial charge in [0, 0.05) is 31.1 Å². The van der Waals surface area contributed by atoms with Gasteiger partial charge in [-0.15, -0.1) is 0 Å². The summed E-state index contributed by atoms with van der Waals surface area (Å²) in [5.74, 6) is -1.57. The lowest BCUT2D eigenvalue weighted by Crippen LogP contribution is -2.55. The molecule has 0 heterocycles. The van der Waals surface area contributed by atoms with E-state index in [0.29, 0.717) is 5.56 Å². The summed E-state index contributed by atoms with van der Waals surface area (Å²) in [6.07, 6.45) is 4.79. The van der Waals surface area contributed by atoms with Gasteiger partial charge in [0.05, 0.1) is 15.5 Å². The number of rotatable bonds is 13. The second-order valence-corrected chi connectivity index (χ2v) is 13.7. The lowest BCUT2D eigenvalue weighted by atomic mass is 9.94. The van der Waals surface area contributed by atoms with Crippen LogP contribution in [0.1, 0.15) is 43.2 Å².